The topological polar surface area (TPSA) is 77.0 Å². The van der Waals surface area contributed by atoms with E-state index in [0.717, 1.165) is 5.56 Å². The number of ether oxygens (including phenoxy) is 3. The van der Waals surface area contributed by atoms with Gasteiger partial charge in [0.2, 0.25) is 0 Å². The van der Waals surface area contributed by atoms with E-state index in [1.807, 2.05) is 6.08 Å². The van der Waals surface area contributed by atoms with E-state index in [1.165, 1.54) is 7.11 Å². The highest BCUT2D eigenvalue weighted by atomic mass is 16.5. The van der Waals surface area contributed by atoms with Crippen molar-refractivity contribution in [3.63, 3.8) is 0 Å². The number of rotatable bonds is 5. The van der Waals surface area contributed by atoms with E-state index in [-0.39, 0.29) is 12.5 Å². The van der Waals surface area contributed by atoms with Crippen LogP contribution in [0.25, 0.3) is 6.08 Å². The molecule has 136 valence electrons. The molecule has 1 amide bonds. The summed E-state index contributed by atoms with van der Waals surface area (Å²) in [5.41, 5.74) is 1.06. The Balaban J connectivity index is 1.87. The van der Waals surface area contributed by atoms with Crippen molar-refractivity contribution in [2.45, 2.75) is 12.5 Å². The van der Waals surface area contributed by atoms with Gasteiger partial charge >= 0.3 is 0 Å². The summed E-state index contributed by atoms with van der Waals surface area (Å²) < 4.78 is 16.3. The highest BCUT2D eigenvalue weighted by Gasteiger charge is 2.27. The van der Waals surface area contributed by atoms with E-state index in [9.17, 15) is 9.90 Å². The minimum atomic E-state index is -0.772. The average Bonchev–Trinajstić information content (AvgIpc) is 2.67. The molecule has 1 heterocycles. The van der Waals surface area contributed by atoms with Crippen molar-refractivity contribution in [3.8, 4) is 17.2 Å². The van der Waals surface area contributed by atoms with Crippen LogP contribution < -0.4 is 19.5 Å². The molecule has 3 rings (SSSR count). The largest absolute Gasteiger partial charge is 0.497 e. The van der Waals surface area contributed by atoms with Crippen molar-refractivity contribution in [3.05, 3.63) is 53.6 Å². The molecule has 0 aromatic heterocycles. The molecule has 0 saturated carbocycles. The van der Waals surface area contributed by atoms with Gasteiger partial charge in [0.25, 0.3) is 5.91 Å². The number of carbonyl (C=O) groups excluding carboxylic acids is 1. The third kappa shape index (κ3) is 3.50. The number of hydrogen-bond acceptors (Lipinski definition) is 5. The summed E-state index contributed by atoms with van der Waals surface area (Å²) in [4.78, 5) is 12.5. The quantitative estimate of drug-likeness (QED) is 0.862. The van der Waals surface area contributed by atoms with Gasteiger partial charge in [0.1, 0.15) is 22.8 Å². The van der Waals surface area contributed by atoms with E-state index >= 15 is 0 Å². The maximum atomic E-state index is 12.5. The maximum Gasteiger partial charge on any atom is 0.255 e. The fraction of sp³-hybridized carbons (Fsp3) is 0.250. The number of amides is 1. The van der Waals surface area contributed by atoms with Crippen LogP contribution in [-0.2, 0) is 0 Å². The molecule has 1 aliphatic rings. The van der Waals surface area contributed by atoms with Gasteiger partial charge in [-0.05, 0) is 43.3 Å². The third-order valence-electron chi connectivity index (χ3n) is 4.20. The number of aliphatic hydroxyl groups is 1. The van der Waals surface area contributed by atoms with Crippen molar-refractivity contribution < 1.29 is 24.1 Å². The molecule has 0 aliphatic carbocycles. The van der Waals surface area contributed by atoms with Crippen LogP contribution >= 0.6 is 0 Å². The van der Waals surface area contributed by atoms with Crippen molar-refractivity contribution in [1.82, 2.24) is 0 Å². The second-order valence-corrected chi connectivity index (χ2v) is 6.18. The predicted molar refractivity (Wildman–Crippen MR) is 99.1 cm³/mol. The van der Waals surface area contributed by atoms with Crippen LogP contribution in [-0.4, -0.2) is 37.4 Å². The Bertz CT molecular complexity index is 844. The summed E-state index contributed by atoms with van der Waals surface area (Å²) in [6.45, 7) is 1.65. The lowest BCUT2D eigenvalue weighted by Gasteiger charge is -2.30. The highest BCUT2D eigenvalue weighted by molar-refractivity contribution is 6.05. The molecule has 1 unspecified atom stereocenters. The highest BCUT2D eigenvalue weighted by Crippen LogP contribution is 2.38. The van der Waals surface area contributed by atoms with E-state index in [0.29, 0.717) is 28.5 Å². The lowest BCUT2D eigenvalue weighted by molar-refractivity contribution is 0.0639. The van der Waals surface area contributed by atoms with Gasteiger partial charge in [-0.3, -0.25) is 4.79 Å². The van der Waals surface area contributed by atoms with Crippen LogP contribution in [0, 0.1) is 0 Å². The van der Waals surface area contributed by atoms with Crippen LogP contribution in [0.2, 0.25) is 0 Å². The molecule has 6 nitrogen and oxygen atoms in total. The minimum Gasteiger partial charge on any atom is -0.497 e. The molecule has 1 aliphatic heterocycles. The molecule has 0 radical (unpaired) electrons. The fourth-order valence-corrected chi connectivity index (χ4v) is 2.64. The van der Waals surface area contributed by atoms with Crippen molar-refractivity contribution in [2.24, 2.45) is 0 Å². The summed E-state index contributed by atoms with van der Waals surface area (Å²) in [5.74, 6) is 1.48. The molecule has 0 saturated heterocycles. The van der Waals surface area contributed by atoms with Gasteiger partial charge in [-0.25, -0.2) is 0 Å². The van der Waals surface area contributed by atoms with Crippen LogP contribution in [0.15, 0.2) is 42.5 Å². The molecule has 2 aromatic carbocycles. The number of carbonyl (C=O) groups is 1. The number of anilines is 1. The standard InChI is InChI=1S/C20H21NO5/c1-20(12-22)9-8-14-10-16(18(25-3)11-17(14)26-20)21-19(23)13-4-6-15(24-2)7-5-13/h4-11,22H,12H2,1-3H3,(H,21,23). The second kappa shape index (κ2) is 7.09. The zero-order valence-corrected chi connectivity index (χ0v) is 14.9. The van der Waals surface area contributed by atoms with Crippen LogP contribution in [0.3, 0.4) is 0 Å². The van der Waals surface area contributed by atoms with Gasteiger partial charge < -0.3 is 24.6 Å². The molecule has 2 aromatic rings. The Morgan fingerprint density at radius 2 is 1.92 bits per heavy atom. The Kier molecular flexibility index (Phi) is 4.86. The summed E-state index contributed by atoms with van der Waals surface area (Å²) in [6, 6.07) is 10.3. The number of nitrogens with one attached hydrogen (secondary N) is 1. The van der Waals surface area contributed by atoms with Crippen LogP contribution in [0.1, 0.15) is 22.8 Å². The van der Waals surface area contributed by atoms with Gasteiger partial charge in [-0.1, -0.05) is 6.08 Å². The van der Waals surface area contributed by atoms with E-state index in [1.54, 1.807) is 56.5 Å². The van der Waals surface area contributed by atoms with Crippen LogP contribution in [0.4, 0.5) is 5.69 Å². The van der Waals surface area contributed by atoms with Gasteiger partial charge in [-0.15, -0.1) is 0 Å². The summed E-state index contributed by atoms with van der Waals surface area (Å²) in [5, 5.41) is 12.3. The molecule has 26 heavy (non-hydrogen) atoms. The smallest absolute Gasteiger partial charge is 0.255 e. The Morgan fingerprint density at radius 3 is 2.54 bits per heavy atom. The first-order valence-electron chi connectivity index (χ1n) is 8.14. The number of methoxy groups -OCH3 is 2. The lowest BCUT2D eigenvalue weighted by atomic mass is 10.0. The fourth-order valence-electron chi connectivity index (χ4n) is 2.64. The van der Waals surface area contributed by atoms with E-state index in [4.69, 9.17) is 14.2 Å². The maximum absolute atomic E-state index is 12.5. The summed E-state index contributed by atoms with van der Waals surface area (Å²) >= 11 is 0. The predicted octanol–water partition coefficient (Wildman–Crippen LogP) is 3.11. The normalized spacial score (nSPS) is 17.8. The lowest BCUT2D eigenvalue weighted by Crippen LogP contribution is -2.35. The first-order valence-corrected chi connectivity index (χ1v) is 8.14. The van der Waals surface area contributed by atoms with Crippen LogP contribution in [0.5, 0.6) is 17.2 Å². The Morgan fingerprint density at radius 1 is 1.19 bits per heavy atom. The zero-order valence-electron chi connectivity index (χ0n) is 14.9. The average molecular weight is 355 g/mol. The zero-order chi connectivity index (χ0) is 18.7. The number of aliphatic hydroxyl groups excluding tert-OH is 1. The van der Waals surface area contributed by atoms with E-state index in [2.05, 4.69) is 5.32 Å². The monoisotopic (exact) mass is 355 g/mol. The number of benzene rings is 2. The van der Waals surface area contributed by atoms with Gasteiger partial charge in [-0.2, -0.15) is 0 Å². The van der Waals surface area contributed by atoms with E-state index < -0.39 is 5.60 Å². The Hall–Kier alpha value is -2.99. The van der Waals surface area contributed by atoms with Gasteiger partial charge in [0, 0.05) is 17.2 Å². The third-order valence-corrected chi connectivity index (χ3v) is 4.20. The molecule has 1 atom stereocenters. The molecule has 0 spiro atoms. The van der Waals surface area contributed by atoms with Crippen molar-refractivity contribution in [1.29, 1.82) is 0 Å². The molecule has 2 N–H and O–H groups in total. The first-order chi connectivity index (χ1) is 12.5. The van der Waals surface area contributed by atoms with Gasteiger partial charge in [0.05, 0.1) is 26.5 Å². The molecule has 0 bridgehead atoms. The van der Waals surface area contributed by atoms with Crippen molar-refractivity contribution >= 4 is 17.7 Å². The van der Waals surface area contributed by atoms with Crippen molar-refractivity contribution in [2.75, 3.05) is 26.1 Å². The SMILES string of the molecule is COc1ccc(C(=O)Nc2cc3c(cc2OC)OC(C)(CO)C=C3)cc1. The molecule has 6 heteroatoms. The van der Waals surface area contributed by atoms with Gasteiger partial charge in [0.15, 0.2) is 0 Å². The number of hydrogen-bond donors (Lipinski definition) is 2. The summed E-state index contributed by atoms with van der Waals surface area (Å²) in [7, 11) is 3.10. The second-order valence-electron chi connectivity index (χ2n) is 6.18. The minimum absolute atomic E-state index is 0.138. The Labute approximate surface area is 152 Å². The first kappa shape index (κ1) is 17.8. The summed E-state index contributed by atoms with van der Waals surface area (Å²) in [6.07, 6.45) is 3.65. The number of fused-ring (bicyclic) bond motifs is 1. The molecular formula is C20H21NO5. The molecule has 0 fully saturated rings. The molecular weight excluding hydrogens is 334 g/mol.